The number of benzene rings is 1. The molecule has 0 bridgehead atoms. The average molecular weight is 360 g/mol. The molecule has 1 heterocycles. The highest BCUT2D eigenvalue weighted by molar-refractivity contribution is 5.94. The standard InChI is InChI=1S/C21H28O5/c1-5-8-14(3)18-12-16(13-19(24-4)26-18)25-21(23)20-15(9-6-2)10-7-11-17(20)22/h5-7,10-11,14,16,18-19,22H,1-2,8-9,12-13H2,3-4H3/t14-,16+,18+,19?/m0/s1. The summed E-state index contributed by atoms with van der Waals surface area (Å²) in [5.74, 6) is -0.369. The largest absolute Gasteiger partial charge is 0.507 e. The second kappa shape index (κ2) is 9.55. The first-order chi connectivity index (χ1) is 12.5. The minimum atomic E-state index is -0.531. The van der Waals surface area contributed by atoms with Crippen LogP contribution in [-0.2, 0) is 20.6 Å². The zero-order valence-corrected chi connectivity index (χ0v) is 15.5. The van der Waals surface area contributed by atoms with Crippen molar-refractivity contribution in [2.75, 3.05) is 7.11 Å². The normalized spacial score (nSPS) is 23.8. The summed E-state index contributed by atoms with van der Waals surface area (Å²) in [7, 11) is 1.58. The highest BCUT2D eigenvalue weighted by Crippen LogP contribution is 2.30. The minimum absolute atomic E-state index is 0.0819. The van der Waals surface area contributed by atoms with Crippen molar-refractivity contribution in [2.24, 2.45) is 5.92 Å². The number of ether oxygens (including phenoxy) is 3. The van der Waals surface area contributed by atoms with Gasteiger partial charge in [-0.05, 0) is 30.4 Å². The van der Waals surface area contributed by atoms with Gasteiger partial charge in [-0.15, -0.1) is 13.2 Å². The topological polar surface area (TPSA) is 65.0 Å². The lowest BCUT2D eigenvalue weighted by atomic mass is 9.92. The SMILES string of the molecule is C=CCc1cccc(O)c1C(=O)O[C@H]1CC(OC)O[C@@H]([C@@H](C)CC=C)C1. The van der Waals surface area contributed by atoms with E-state index in [9.17, 15) is 9.90 Å². The molecule has 0 saturated carbocycles. The number of hydrogen-bond acceptors (Lipinski definition) is 5. The van der Waals surface area contributed by atoms with E-state index in [0.717, 1.165) is 6.42 Å². The van der Waals surface area contributed by atoms with E-state index >= 15 is 0 Å². The molecule has 0 spiro atoms. The number of carbonyl (C=O) groups excluding carboxylic acids is 1. The van der Waals surface area contributed by atoms with E-state index in [1.54, 1.807) is 25.3 Å². The minimum Gasteiger partial charge on any atom is -0.507 e. The molecule has 0 aromatic heterocycles. The Morgan fingerprint density at radius 1 is 1.38 bits per heavy atom. The Morgan fingerprint density at radius 3 is 2.81 bits per heavy atom. The lowest BCUT2D eigenvalue weighted by Crippen LogP contribution is -2.41. The van der Waals surface area contributed by atoms with Crippen LogP contribution in [0.15, 0.2) is 43.5 Å². The Balaban J connectivity index is 2.14. The van der Waals surface area contributed by atoms with E-state index in [2.05, 4.69) is 20.1 Å². The number of carbonyl (C=O) groups is 1. The van der Waals surface area contributed by atoms with Crippen molar-refractivity contribution in [3.05, 3.63) is 54.6 Å². The third-order valence-electron chi connectivity index (χ3n) is 4.68. The van der Waals surface area contributed by atoms with Gasteiger partial charge in [0.2, 0.25) is 0 Å². The van der Waals surface area contributed by atoms with Gasteiger partial charge in [-0.25, -0.2) is 4.79 Å². The molecule has 4 atom stereocenters. The van der Waals surface area contributed by atoms with Gasteiger partial charge >= 0.3 is 5.97 Å². The van der Waals surface area contributed by atoms with Gasteiger partial charge in [0, 0.05) is 20.0 Å². The first-order valence-corrected chi connectivity index (χ1v) is 8.92. The number of hydrogen-bond donors (Lipinski definition) is 1. The number of rotatable bonds is 8. The molecule has 1 fully saturated rings. The van der Waals surface area contributed by atoms with Gasteiger partial charge < -0.3 is 19.3 Å². The molecule has 1 aliphatic rings. The second-order valence-corrected chi connectivity index (χ2v) is 6.64. The average Bonchev–Trinajstić information content (AvgIpc) is 2.61. The lowest BCUT2D eigenvalue weighted by molar-refractivity contribution is -0.214. The molecule has 0 amide bonds. The van der Waals surface area contributed by atoms with Gasteiger partial charge in [0.15, 0.2) is 6.29 Å². The van der Waals surface area contributed by atoms with Crippen molar-refractivity contribution in [2.45, 2.75) is 51.1 Å². The zero-order valence-electron chi connectivity index (χ0n) is 15.5. The Hall–Kier alpha value is -2.11. The number of phenolic OH excluding ortho intramolecular Hbond substituents is 1. The maximum absolute atomic E-state index is 12.7. The van der Waals surface area contributed by atoms with E-state index in [1.165, 1.54) is 6.07 Å². The summed E-state index contributed by atoms with van der Waals surface area (Å²) in [5, 5.41) is 10.1. The third kappa shape index (κ3) is 4.96. The van der Waals surface area contributed by atoms with Crippen LogP contribution in [0.3, 0.4) is 0 Å². The lowest BCUT2D eigenvalue weighted by Gasteiger charge is -2.36. The molecule has 1 aliphatic heterocycles. The van der Waals surface area contributed by atoms with Gasteiger partial charge in [-0.1, -0.05) is 31.2 Å². The van der Waals surface area contributed by atoms with Crippen molar-refractivity contribution in [3.63, 3.8) is 0 Å². The Morgan fingerprint density at radius 2 is 2.15 bits per heavy atom. The molecule has 142 valence electrons. The van der Waals surface area contributed by atoms with E-state index < -0.39 is 12.3 Å². The summed E-state index contributed by atoms with van der Waals surface area (Å²) in [5.41, 5.74) is 0.889. The van der Waals surface area contributed by atoms with Crippen molar-refractivity contribution >= 4 is 5.97 Å². The van der Waals surface area contributed by atoms with Gasteiger partial charge in [0.25, 0.3) is 0 Å². The summed E-state index contributed by atoms with van der Waals surface area (Å²) in [6, 6.07) is 4.97. The Kier molecular flexibility index (Phi) is 7.42. The van der Waals surface area contributed by atoms with Crippen molar-refractivity contribution in [3.8, 4) is 5.75 Å². The molecule has 1 N–H and O–H groups in total. The summed E-state index contributed by atoms with van der Waals surface area (Å²) in [4.78, 5) is 12.7. The van der Waals surface area contributed by atoms with Crippen LogP contribution in [0.4, 0.5) is 0 Å². The van der Waals surface area contributed by atoms with Crippen molar-refractivity contribution < 1.29 is 24.1 Å². The highest BCUT2D eigenvalue weighted by Gasteiger charge is 2.35. The molecule has 5 nitrogen and oxygen atoms in total. The van der Waals surface area contributed by atoms with Crippen LogP contribution < -0.4 is 0 Å². The summed E-state index contributed by atoms with van der Waals surface area (Å²) < 4.78 is 17.0. The van der Waals surface area contributed by atoms with Crippen LogP contribution in [0.2, 0.25) is 0 Å². The molecular weight excluding hydrogens is 332 g/mol. The molecule has 1 aromatic carbocycles. The smallest absolute Gasteiger partial charge is 0.342 e. The molecule has 26 heavy (non-hydrogen) atoms. The molecule has 0 radical (unpaired) electrons. The van der Waals surface area contributed by atoms with Gasteiger partial charge in [-0.2, -0.15) is 0 Å². The first-order valence-electron chi connectivity index (χ1n) is 8.92. The molecule has 1 unspecified atom stereocenters. The number of allylic oxidation sites excluding steroid dienone is 2. The maximum atomic E-state index is 12.7. The number of phenols is 1. The summed E-state index contributed by atoms with van der Waals surface area (Å²) in [6.07, 6.45) is 5.04. The van der Waals surface area contributed by atoms with Crippen molar-refractivity contribution in [1.29, 1.82) is 0 Å². The Labute approximate surface area is 155 Å². The zero-order chi connectivity index (χ0) is 19.1. The molecule has 5 heteroatoms. The van der Waals surface area contributed by atoms with Gasteiger partial charge in [-0.3, -0.25) is 0 Å². The summed E-state index contributed by atoms with van der Waals surface area (Å²) >= 11 is 0. The molecule has 0 aliphatic carbocycles. The summed E-state index contributed by atoms with van der Waals surface area (Å²) in [6.45, 7) is 9.54. The fourth-order valence-corrected chi connectivity index (χ4v) is 3.26. The Bertz CT molecular complexity index is 639. The van der Waals surface area contributed by atoms with E-state index in [0.29, 0.717) is 24.8 Å². The quantitative estimate of drug-likeness (QED) is 0.560. The predicted molar refractivity (Wildman–Crippen MR) is 100 cm³/mol. The van der Waals surface area contributed by atoms with Crippen LogP contribution in [0.5, 0.6) is 5.75 Å². The highest BCUT2D eigenvalue weighted by atomic mass is 16.7. The molecular formula is C21H28O5. The van der Waals surface area contributed by atoms with Gasteiger partial charge in [0.05, 0.1) is 6.10 Å². The van der Waals surface area contributed by atoms with Crippen molar-refractivity contribution in [1.82, 2.24) is 0 Å². The van der Waals surface area contributed by atoms with Crippen LogP contribution in [0, 0.1) is 5.92 Å². The van der Waals surface area contributed by atoms with E-state index in [1.807, 2.05) is 6.08 Å². The monoisotopic (exact) mass is 360 g/mol. The van der Waals surface area contributed by atoms with Gasteiger partial charge in [0.1, 0.15) is 17.4 Å². The molecule has 1 saturated heterocycles. The fourth-order valence-electron chi connectivity index (χ4n) is 3.26. The third-order valence-corrected chi connectivity index (χ3v) is 4.68. The van der Waals surface area contributed by atoms with E-state index in [4.69, 9.17) is 14.2 Å². The van der Waals surface area contributed by atoms with Crippen LogP contribution in [0.1, 0.15) is 42.1 Å². The number of methoxy groups -OCH3 is 1. The number of esters is 1. The molecule has 1 aromatic rings. The van der Waals surface area contributed by atoms with Crippen LogP contribution in [-0.4, -0.2) is 36.7 Å². The number of aromatic hydroxyl groups is 1. The van der Waals surface area contributed by atoms with Crippen LogP contribution in [0.25, 0.3) is 0 Å². The first kappa shape index (κ1) is 20.2. The predicted octanol–water partition coefficient (Wildman–Crippen LogP) is 4.01. The maximum Gasteiger partial charge on any atom is 0.342 e. The fraction of sp³-hybridized carbons (Fsp3) is 0.476. The van der Waals surface area contributed by atoms with E-state index in [-0.39, 0.29) is 29.4 Å². The van der Waals surface area contributed by atoms with Crippen LogP contribution >= 0.6 is 0 Å². The second-order valence-electron chi connectivity index (χ2n) is 6.64. The molecule has 2 rings (SSSR count).